The van der Waals surface area contributed by atoms with Crippen molar-refractivity contribution in [2.75, 3.05) is 6.54 Å². The van der Waals surface area contributed by atoms with Crippen molar-refractivity contribution in [1.29, 1.82) is 5.26 Å². The Morgan fingerprint density at radius 1 is 1.53 bits per heavy atom. The minimum atomic E-state index is -0.456. The van der Waals surface area contributed by atoms with Gasteiger partial charge in [-0.2, -0.15) is 5.26 Å². The Hall–Kier alpha value is -1.24. The summed E-state index contributed by atoms with van der Waals surface area (Å²) in [5.74, 6) is 0.310. The summed E-state index contributed by atoms with van der Waals surface area (Å²) in [7, 11) is 0. The number of ether oxygens (including phenoxy) is 1. The number of nitrogens with one attached hydrogen (secondary N) is 1. The van der Waals surface area contributed by atoms with Crippen LogP contribution in [0.2, 0.25) is 0 Å². The van der Waals surface area contributed by atoms with Gasteiger partial charge in [0.1, 0.15) is 5.60 Å². The first kappa shape index (κ1) is 13.8. The molecule has 0 aliphatic heterocycles. The van der Waals surface area contributed by atoms with E-state index in [2.05, 4.69) is 11.4 Å². The van der Waals surface area contributed by atoms with E-state index in [9.17, 15) is 4.79 Å². The van der Waals surface area contributed by atoms with Crippen molar-refractivity contribution >= 4 is 6.09 Å². The van der Waals surface area contributed by atoms with Gasteiger partial charge in [-0.05, 0) is 33.1 Å². The summed E-state index contributed by atoms with van der Waals surface area (Å²) >= 11 is 0. The van der Waals surface area contributed by atoms with Crippen molar-refractivity contribution < 1.29 is 9.53 Å². The van der Waals surface area contributed by atoms with Gasteiger partial charge in [0.15, 0.2) is 0 Å². The molecule has 1 unspecified atom stereocenters. The van der Waals surface area contributed by atoms with Crippen molar-refractivity contribution in [2.24, 2.45) is 5.92 Å². The van der Waals surface area contributed by atoms with Crippen LogP contribution in [0.4, 0.5) is 4.79 Å². The van der Waals surface area contributed by atoms with Gasteiger partial charge in [0.2, 0.25) is 0 Å². The van der Waals surface area contributed by atoms with Gasteiger partial charge in [0.05, 0.1) is 6.07 Å². The zero-order valence-corrected chi connectivity index (χ0v) is 9.96. The smallest absolute Gasteiger partial charge is 0.407 e. The van der Waals surface area contributed by atoms with Gasteiger partial charge < -0.3 is 10.1 Å². The molecule has 4 heteroatoms. The topological polar surface area (TPSA) is 62.1 Å². The van der Waals surface area contributed by atoms with E-state index in [1.807, 2.05) is 27.7 Å². The molecule has 0 heterocycles. The number of nitriles is 1. The molecule has 0 bridgehead atoms. The van der Waals surface area contributed by atoms with Crippen LogP contribution in [-0.2, 0) is 4.74 Å². The summed E-state index contributed by atoms with van der Waals surface area (Å²) in [6.45, 7) is 8.01. The highest BCUT2D eigenvalue weighted by Gasteiger charge is 2.15. The molecule has 15 heavy (non-hydrogen) atoms. The Kier molecular flexibility index (Phi) is 5.76. The summed E-state index contributed by atoms with van der Waals surface area (Å²) in [6.07, 6.45) is 0.926. The molecule has 0 radical (unpaired) electrons. The molecule has 86 valence electrons. The van der Waals surface area contributed by atoms with Gasteiger partial charge in [0, 0.05) is 13.0 Å². The first-order valence-corrected chi connectivity index (χ1v) is 5.19. The Balaban J connectivity index is 3.61. The molecule has 0 spiro atoms. The highest BCUT2D eigenvalue weighted by molar-refractivity contribution is 5.67. The molecular formula is C11H20N2O2. The summed E-state index contributed by atoms with van der Waals surface area (Å²) in [5, 5.41) is 11.1. The maximum atomic E-state index is 11.2. The summed E-state index contributed by atoms with van der Waals surface area (Å²) in [4.78, 5) is 11.2. The van der Waals surface area contributed by atoms with E-state index in [-0.39, 0.29) is 0 Å². The van der Waals surface area contributed by atoms with Gasteiger partial charge in [-0.15, -0.1) is 0 Å². The maximum absolute atomic E-state index is 11.2. The Bertz CT molecular complexity index is 238. The number of hydrogen-bond donors (Lipinski definition) is 1. The number of rotatable bonds is 4. The van der Waals surface area contributed by atoms with Crippen LogP contribution < -0.4 is 5.32 Å². The number of alkyl carbamates (subject to hydrolysis) is 1. The Morgan fingerprint density at radius 3 is 2.60 bits per heavy atom. The van der Waals surface area contributed by atoms with Crippen LogP contribution in [0.15, 0.2) is 0 Å². The van der Waals surface area contributed by atoms with E-state index in [0.29, 0.717) is 18.9 Å². The van der Waals surface area contributed by atoms with Crippen LogP contribution in [0.25, 0.3) is 0 Å². The molecule has 0 aromatic heterocycles. The molecule has 0 fully saturated rings. The second kappa shape index (κ2) is 6.28. The van der Waals surface area contributed by atoms with Crippen LogP contribution in [0.5, 0.6) is 0 Å². The van der Waals surface area contributed by atoms with Crippen LogP contribution in [-0.4, -0.2) is 18.2 Å². The molecule has 0 aliphatic carbocycles. The molecule has 0 saturated carbocycles. The van der Waals surface area contributed by atoms with Crippen molar-refractivity contribution in [3.63, 3.8) is 0 Å². The molecule has 0 saturated heterocycles. The average Bonchev–Trinajstić information content (AvgIpc) is 2.00. The Morgan fingerprint density at radius 2 is 2.13 bits per heavy atom. The lowest BCUT2D eigenvalue weighted by molar-refractivity contribution is 0.0525. The van der Waals surface area contributed by atoms with Gasteiger partial charge in [-0.3, -0.25) is 0 Å². The van der Waals surface area contributed by atoms with Gasteiger partial charge in [-0.1, -0.05) is 6.92 Å². The third-order valence-corrected chi connectivity index (χ3v) is 1.75. The van der Waals surface area contributed by atoms with Crippen LogP contribution in [0.3, 0.4) is 0 Å². The maximum Gasteiger partial charge on any atom is 0.407 e. The highest BCUT2D eigenvalue weighted by Crippen LogP contribution is 2.07. The Labute approximate surface area is 91.6 Å². The minimum Gasteiger partial charge on any atom is -0.444 e. The van der Waals surface area contributed by atoms with Crippen molar-refractivity contribution in [3.8, 4) is 6.07 Å². The first-order chi connectivity index (χ1) is 6.85. The minimum absolute atomic E-state index is 0.310. The van der Waals surface area contributed by atoms with E-state index in [0.717, 1.165) is 6.42 Å². The van der Waals surface area contributed by atoms with Gasteiger partial charge in [0.25, 0.3) is 0 Å². The lowest BCUT2D eigenvalue weighted by atomic mass is 10.1. The SMILES string of the molecule is CC(CC#N)CCNC(=O)OC(C)(C)C. The number of carbonyl (C=O) groups is 1. The number of amides is 1. The van der Waals surface area contributed by atoms with Crippen LogP contribution in [0, 0.1) is 17.2 Å². The summed E-state index contributed by atoms with van der Waals surface area (Å²) in [6, 6.07) is 2.10. The third kappa shape index (κ3) is 9.07. The van der Waals surface area contributed by atoms with E-state index < -0.39 is 11.7 Å². The molecule has 0 aliphatic rings. The van der Waals surface area contributed by atoms with Crippen molar-refractivity contribution in [2.45, 2.75) is 46.1 Å². The van der Waals surface area contributed by atoms with Crippen molar-refractivity contribution in [3.05, 3.63) is 0 Å². The monoisotopic (exact) mass is 212 g/mol. The molecule has 0 rings (SSSR count). The molecule has 1 N–H and O–H groups in total. The number of carbonyl (C=O) groups excluding carboxylic acids is 1. The van der Waals surface area contributed by atoms with E-state index >= 15 is 0 Å². The molecule has 1 atom stereocenters. The standard InChI is InChI=1S/C11H20N2O2/c1-9(5-7-12)6-8-13-10(14)15-11(2,3)4/h9H,5-6,8H2,1-4H3,(H,13,14). The van der Waals surface area contributed by atoms with Crippen LogP contribution in [0.1, 0.15) is 40.5 Å². The van der Waals surface area contributed by atoms with Gasteiger partial charge in [-0.25, -0.2) is 4.79 Å². The van der Waals surface area contributed by atoms with Crippen molar-refractivity contribution in [1.82, 2.24) is 5.32 Å². The second-order valence-electron chi connectivity index (χ2n) is 4.68. The van der Waals surface area contributed by atoms with E-state index in [1.54, 1.807) is 0 Å². The van der Waals surface area contributed by atoms with E-state index in [4.69, 9.17) is 10.00 Å². The van der Waals surface area contributed by atoms with Crippen LogP contribution >= 0.6 is 0 Å². The lowest BCUT2D eigenvalue weighted by Gasteiger charge is -2.19. The van der Waals surface area contributed by atoms with Gasteiger partial charge >= 0.3 is 6.09 Å². The molecule has 1 amide bonds. The average molecular weight is 212 g/mol. The quantitative estimate of drug-likeness (QED) is 0.778. The number of hydrogen-bond acceptors (Lipinski definition) is 3. The normalized spacial score (nSPS) is 12.7. The molecule has 0 aromatic carbocycles. The predicted molar refractivity (Wildman–Crippen MR) is 58.2 cm³/mol. The highest BCUT2D eigenvalue weighted by atomic mass is 16.6. The number of nitrogens with zero attached hydrogens (tertiary/aromatic N) is 1. The predicted octanol–water partition coefficient (Wildman–Crippen LogP) is 2.45. The fourth-order valence-electron chi connectivity index (χ4n) is 0.993. The third-order valence-electron chi connectivity index (χ3n) is 1.75. The fraction of sp³-hybridized carbons (Fsp3) is 0.818. The molecular weight excluding hydrogens is 192 g/mol. The molecule has 0 aromatic rings. The van der Waals surface area contributed by atoms with E-state index in [1.165, 1.54) is 0 Å². The zero-order chi connectivity index (χ0) is 11.9. The second-order valence-corrected chi connectivity index (χ2v) is 4.68. The fourth-order valence-corrected chi connectivity index (χ4v) is 0.993. The first-order valence-electron chi connectivity index (χ1n) is 5.19. The molecule has 4 nitrogen and oxygen atoms in total. The zero-order valence-electron chi connectivity index (χ0n) is 9.96. The largest absolute Gasteiger partial charge is 0.444 e. The summed E-state index contributed by atoms with van der Waals surface area (Å²) < 4.78 is 5.06. The summed E-state index contributed by atoms with van der Waals surface area (Å²) in [5.41, 5.74) is -0.456. The lowest BCUT2D eigenvalue weighted by Crippen LogP contribution is -2.33.